The molecule has 2 aromatic rings. The zero-order valence-electron chi connectivity index (χ0n) is 10.4. The van der Waals surface area contributed by atoms with Crippen molar-refractivity contribution >= 4 is 21.4 Å². The van der Waals surface area contributed by atoms with Crippen LogP contribution in [-0.4, -0.2) is 6.54 Å². The first-order valence-corrected chi connectivity index (χ1v) is 6.95. The highest BCUT2D eigenvalue weighted by molar-refractivity contribution is 7.17. The van der Waals surface area contributed by atoms with Gasteiger partial charge < -0.3 is 11.5 Å². The fraction of sp³-hybridized carbons (Fsp3) is 0.429. The van der Waals surface area contributed by atoms with Crippen LogP contribution >= 0.6 is 11.3 Å². The number of hydrogen-bond donors (Lipinski definition) is 2. The Bertz CT molecular complexity index is 490. The lowest BCUT2D eigenvalue weighted by Crippen LogP contribution is -2.31. The van der Waals surface area contributed by atoms with Crippen molar-refractivity contribution in [3.63, 3.8) is 0 Å². The number of thiophene rings is 1. The average molecular weight is 248 g/mol. The molecule has 2 nitrogen and oxygen atoms in total. The van der Waals surface area contributed by atoms with Crippen molar-refractivity contribution in [1.29, 1.82) is 0 Å². The lowest BCUT2D eigenvalue weighted by atomic mass is 9.85. The van der Waals surface area contributed by atoms with Gasteiger partial charge in [-0.3, -0.25) is 0 Å². The van der Waals surface area contributed by atoms with E-state index in [9.17, 15) is 0 Å². The summed E-state index contributed by atoms with van der Waals surface area (Å²) in [5.41, 5.74) is 13.5. The van der Waals surface area contributed by atoms with Crippen LogP contribution in [0.1, 0.15) is 25.5 Å². The van der Waals surface area contributed by atoms with Gasteiger partial charge in [0.15, 0.2) is 0 Å². The number of fused-ring (bicyclic) bond motifs is 1. The normalized spacial score (nSPS) is 15.4. The Hall–Kier alpha value is -0.900. The van der Waals surface area contributed by atoms with E-state index in [0.717, 1.165) is 0 Å². The molecular formula is C14H20N2S. The van der Waals surface area contributed by atoms with Crippen LogP contribution in [0.2, 0.25) is 0 Å². The maximum atomic E-state index is 6.39. The van der Waals surface area contributed by atoms with E-state index in [-0.39, 0.29) is 6.04 Å². The van der Waals surface area contributed by atoms with E-state index in [2.05, 4.69) is 43.5 Å². The van der Waals surface area contributed by atoms with Gasteiger partial charge in [-0.25, -0.2) is 0 Å². The number of rotatable bonds is 4. The quantitative estimate of drug-likeness (QED) is 0.873. The van der Waals surface area contributed by atoms with Gasteiger partial charge >= 0.3 is 0 Å². The fourth-order valence-corrected chi connectivity index (χ4v) is 3.33. The van der Waals surface area contributed by atoms with E-state index in [1.54, 1.807) is 11.3 Å². The molecule has 0 amide bonds. The molecule has 2 unspecified atom stereocenters. The minimum Gasteiger partial charge on any atom is -0.330 e. The average Bonchev–Trinajstić information content (AvgIpc) is 2.72. The lowest BCUT2D eigenvalue weighted by Gasteiger charge is -2.25. The molecule has 0 aliphatic rings. The highest BCUT2D eigenvalue weighted by Crippen LogP contribution is 2.34. The van der Waals surface area contributed by atoms with Crippen LogP contribution < -0.4 is 11.5 Å². The second-order valence-corrected chi connectivity index (χ2v) is 5.77. The number of nitrogens with two attached hydrogens (primary N) is 2. The van der Waals surface area contributed by atoms with Gasteiger partial charge in [0.25, 0.3) is 0 Å². The third-order valence-corrected chi connectivity index (χ3v) is 4.44. The van der Waals surface area contributed by atoms with E-state index in [1.165, 1.54) is 15.6 Å². The molecule has 0 aliphatic carbocycles. The number of benzene rings is 1. The van der Waals surface area contributed by atoms with E-state index in [1.807, 2.05) is 0 Å². The Morgan fingerprint density at radius 2 is 1.94 bits per heavy atom. The summed E-state index contributed by atoms with van der Waals surface area (Å²) in [7, 11) is 0. The maximum Gasteiger partial charge on any atom is 0.0352 e. The molecule has 1 aromatic carbocycles. The Morgan fingerprint density at radius 1 is 1.24 bits per heavy atom. The topological polar surface area (TPSA) is 52.0 Å². The largest absolute Gasteiger partial charge is 0.330 e. The molecule has 0 spiro atoms. The first-order valence-electron chi connectivity index (χ1n) is 6.07. The summed E-state index contributed by atoms with van der Waals surface area (Å²) in [4.78, 5) is 0. The molecule has 1 aromatic heterocycles. The van der Waals surface area contributed by atoms with Crippen LogP contribution in [0.15, 0.2) is 29.6 Å². The SMILES string of the molecule is CC(C)C(CN)C(N)c1csc2ccccc12. The Balaban J connectivity index is 2.39. The summed E-state index contributed by atoms with van der Waals surface area (Å²) in [5, 5.41) is 3.46. The van der Waals surface area contributed by atoms with Crippen LogP contribution in [0.25, 0.3) is 10.1 Å². The van der Waals surface area contributed by atoms with Crippen molar-refractivity contribution in [2.45, 2.75) is 19.9 Å². The molecule has 2 atom stereocenters. The molecule has 3 heteroatoms. The van der Waals surface area contributed by atoms with Crippen molar-refractivity contribution < 1.29 is 0 Å². The molecule has 0 saturated carbocycles. The molecule has 0 aliphatic heterocycles. The zero-order chi connectivity index (χ0) is 12.4. The predicted octanol–water partition coefficient (Wildman–Crippen LogP) is 3.13. The van der Waals surface area contributed by atoms with Crippen molar-refractivity contribution in [1.82, 2.24) is 0 Å². The molecular weight excluding hydrogens is 228 g/mol. The van der Waals surface area contributed by atoms with Gasteiger partial charge in [-0.1, -0.05) is 32.0 Å². The molecule has 4 N–H and O–H groups in total. The van der Waals surface area contributed by atoms with Gasteiger partial charge in [-0.15, -0.1) is 11.3 Å². The standard InChI is InChI=1S/C14H20N2S/c1-9(2)11(7-15)14(16)12-8-17-13-6-4-3-5-10(12)13/h3-6,8-9,11,14H,7,15-16H2,1-2H3. The van der Waals surface area contributed by atoms with Gasteiger partial charge in [0.05, 0.1) is 0 Å². The first kappa shape index (κ1) is 12.6. The molecule has 17 heavy (non-hydrogen) atoms. The summed E-state index contributed by atoms with van der Waals surface area (Å²) >= 11 is 1.76. The summed E-state index contributed by atoms with van der Waals surface area (Å²) in [5.74, 6) is 0.849. The fourth-order valence-electron chi connectivity index (χ4n) is 2.32. The van der Waals surface area contributed by atoms with Crippen molar-refractivity contribution in [3.05, 3.63) is 35.2 Å². The highest BCUT2D eigenvalue weighted by atomic mass is 32.1. The van der Waals surface area contributed by atoms with E-state index in [4.69, 9.17) is 11.5 Å². The van der Waals surface area contributed by atoms with Gasteiger partial charge in [-0.05, 0) is 40.8 Å². The van der Waals surface area contributed by atoms with Crippen molar-refractivity contribution in [2.24, 2.45) is 23.3 Å². The maximum absolute atomic E-state index is 6.39. The molecule has 0 fully saturated rings. The molecule has 1 heterocycles. The van der Waals surface area contributed by atoms with E-state index >= 15 is 0 Å². The Kier molecular flexibility index (Phi) is 3.82. The molecule has 0 bridgehead atoms. The minimum absolute atomic E-state index is 0.0381. The van der Waals surface area contributed by atoms with Crippen LogP contribution in [0.3, 0.4) is 0 Å². The highest BCUT2D eigenvalue weighted by Gasteiger charge is 2.23. The van der Waals surface area contributed by atoms with Crippen molar-refractivity contribution in [3.8, 4) is 0 Å². The first-order chi connectivity index (χ1) is 8.15. The van der Waals surface area contributed by atoms with Crippen molar-refractivity contribution in [2.75, 3.05) is 6.54 Å². The van der Waals surface area contributed by atoms with Gasteiger partial charge in [0.2, 0.25) is 0 Å². The van der Waals surface area contributed by atoms with E-state index < -0.39 is 0 Å². The summed E-state index contributed by atoms with van der Waals surface area (Å²) in [6.07, 6.45) is 0. The van der Waals surface area contributed by atoms with Gasteiger partial charge in [0.1, 0.15) is 0 Å². The lowest BCUT2D eigenvalue weighted by molar-refractivity contribution is 0.333. The van der Waals surface area contributed by atoms with Crippen LogP contribution in [0.4, 0.5) is 0 Å². The van der Waals surface area contributed by atoms with Gasteiger partial charge in [0, 0.05) is 10.7 Å². The monoisotopic (exact) mass is 248 g/mol. The molecule has 2 rings (SSSR count). The third-order valence-electron chi connectivity index (χ3n) is 3.46. The van der Waals surface area contributed by atoms with Crippen LogP contribution in [-0.2, 0) is 0 Å². The zero-order valence-corrected chi connectivity index (χ0v) is 11.2. The molecule has 92 valence electrons. The summed E-state index contributed by atoms with van der Waals surface area (Å²) in [6.45, 7) is 5.01. The molecule has 0 saturated heterocycles. The van der Waals surface area contributed by atoms with Crippen LogP contribution in [0.5, 0.6) is 0 Å². The van der Waals surface area contributed by atoms with Crippen LogP contribution in [0, 0.1) is 11.8 Å². The Labute approximate surface area is 107 Å². The third kappa shape index (κ3) is 2.37. The summed E-state index contributed by atoms with van der Waals surface area (Å²) in [6, 6.07) is 8.46. The Morgan fingerprint density at radius 3 is 2.59 bits per heavy atom. The van der Waals surface area contributed by atoms with Gasteiger partial charge in [-0.2, -0.15) is 0 Å². The number of hydrogen-bond acceptors (Lipinski definition) is 3. The minimum atomic E-state index is 0.0381. The van der Waals surface area contributed by atoms with E-state index in [0.29, 0.717) is 18.4 Å². The molecule has 0 radical (unpaired) electrons. The summed E-state index contributed by atoms with van der Waals surface area (Å²) < 4.78 is 1.30. The second-order valence-electron chi connectivity index (χ2n) is 4.86. The smallest absolute Gasteiger partial charge is 0.0352 e. The second kappa shape index (κ2) is 5.17. The predicted molar refractivity (Wildman–Crippen MR) is 76.1 cm³/mol.